The molecule has 0 N–H and O–H groups in total. The van der Waals surface area contributed by atoms with Gasteiger partial charge < -0.3 is 4.74 Å². The Hall–Kier alpha value is -1.87. The van der Waals surface area contributed by atoms with Crippen molar-refractivity contribution in [3.8, 4) is 5.75 Å². The summed E-state index contributed by atoms with van der Waals surface area (Å²) in [4.78, 5) is 16.5. The van der Waals surface area contributed by atoms with E-state index >= 15 is 0 Å². The average Bonchev–Trinajstić information content (AvgIpc) is 2.38. The fourth-order valence-corrected chi connectivity index (χ4v) is 1.94. The van der Waals surface area contributed by atoms with Crippen LogP contribution in [0.3, 0.4) is 0 Å². The minimum atomic E-state index is -0.117. The van der Waals surface area contributed by atoms with E-state index in [0.717, 1.165) is 0 Å². The van der Waals surface area contributed by atoms with Gasteiger partial charge in [0.15, 0.2) is 5.78 Å². The van der Waals surface area contributed by atoms with Crippen molar-refractivity contribution < 1.29 is 9.53 Å². The molecule has 1 aromatic carbocycles. The molecular formula is C14H12ClNO2. The van der Waals surface area contributed by atoms with E-state index < -0.39 is 0 Å². The molecule has 92 valence electrons. The number of rotatable bonds is 3. The summed E-state index contributed by atoms with van der Waals surface area (Å²) >= 11 is 5.78. The molecule has 1 aromatic heterocycles. The molecule has 1 heterocycles. The van der Waals surface area contributed by atoms with Gasteiger partial charge in [0.25, 0.3) is 0 Å². The van der Waals surface area contributed by atoms with Crippen LogP contribution < -0.4 is 4.74 Å². The van der Waals surface area contributed by atoms with Crippen molar-refractivity contribution in [1.29, 1.82) is 0 Å². The predicted octanol–water partition coefficient (Wildman–Crippen LogP) is 3.28. The zero-order chi connectivity index (χ0) is 13.1. The zero-order valence-corrected chi connectivity index (χ0v) is 10.9. The highest BCUT2D eigenvalue weighted by molar-refractivity contribution is 6.29. The zero-order valence-electron chi connectivity index (χ0n) is 10.1. The summed E-state index contributed by atoms with van der Waals surface area (Å²) in [5.41, 5.74) is 1.66. The van der Waals surface area contributed by atoms with E-state index in [-0.39, 0.29) is 5.78 Å². The number of hydrogen-bond donors (Lipinski definition) is 0. The Morgan fingerprint density at radius 3 is 2.56 bits per heavy atom. The first kappa shape index (κ1) is 12.6. The molecule has 0 saturated carbocycles. The van der Waals surface area contributed by atoms with Crippen LogP contribution in [-0.4, -0.2) is 17.9 Å². The molecule has 0 aliphatic carbocycles. The first-order chi connectivity index (χ1) is 8.63. The number of aryl methyl sites for hydroxylation is 1. The number of carbonyl (C=O) groups excluding carboxylic acids is 1. The van der Waals surface area contributed by atoms with Crippen LogP contribution in [0.25, 0.3) is 0 Å². The van der Waals surface area contributed by atoms with E-state index in [0.29, 0.717) is 27.7 Å². The van der Waals surface area contributed by atoms with Crippen molar-refractivity contribution in [1.82, 2.24) is 4.98 Å². The molecule has 0 saturated heterocycles. The molecule has 18 heavy (non-hydrogen) atoms. The number of carbonyl (C=O) groups is 1. The smallest absolute Gasteiger partial charge is 0.198 e. The van der Waals surface area contributed by atoms with Gasteiger partial charge in [-0.3, -0.25) is 4.79 Å². The maximum atomic E-state index is 12.4. The number of aromatic nitrogens is 1. The second kappa shape index (κ2) is 5.19. The molecule has 2 aromatic rings. The Bertz CT molecular complexity index is 596. The third kappa shape index (κ3) is 2.36. The van der Waals surface area contributed by atoms with Crippen LogP contribution in [0, 0.1) is 6.92 Å². The number of para-hydroxylation sites is 1. The van der Waals surface area contributed by atoms with Crippen molar-refractivity contribution in [2.75, 3.05) is 7.11 Å². The minimum Gasteiger partial charge on any atom is -0.496 e. The van der Waals surface area contributed by atoms with Crippen LogP contribution in [0.1, 0.15) is 21.6 Å². The van der Waals surface area contributed by atoms with Crippen LogP contribution in [0.5, 0.6) is 5.75 Å². The lowest BCUT2D eigenvalue weighted by atomic mass is 10.0. The van der Waals surface area contributed by atoms with Crippen LogP contribution in [0.15, 0.2) is 36.4 Å². The maximum absolute atomic E-state index is 12.4. The first-order valence-electron chi connectivity index (χ1n) is 5.44. The second-order valence-electron chi connectivity index (χ2n) is 3.80. The summed E-state index contributed by atoms with van der Waals surface area (Å²) in [5, 5.41) is 0.379. The van der Waals surface area contributed by atoms with E-state index in [4.69, 9.17) is 16.3 Å². The van der Waals surface area contributed by atoms with Gasteiger partial charge in [-0.15, -0.1) is 0 Å². The Balaban J connectivity index is 2.48. The number of hydrogen-bond acceptors (Lipinski definition) is 3. The van der Waals surface area contributed by atoms with Gasteiger partial charge in [0.05, 0.1) is 18.4 Å². The summed E-state index contributed by atoms with van der Waals surface area (Å²) in [6.07, 6.45) is 0. The van der Waals surface area contributed by atoms with E-state index in [1.54, 1.807) is 44.4 Å². The van der Waals surface area contributed by atoms with Crippen LogP contribution in [-0.2, 0) is 0 Å². The molecule has 2 rings (SSSR count). The van der Waals surface area contributed by atoms with Crippen molar-refractivity contribution in [2.45, 2.75) is 6.92 Å². The summed E-state index contributed by atoms with van der Waals surface area (Å²) < 4.78 is 5.18. The van der Waals surface area contributed by atoms with Crippen LogP contribution >= 0.6 is 11.6 Å². The number of pyridine rings is 1. The van der Waals surface area contributed by atoms with Gasteiger partial charge in [-0.1, -0.05) is 23.7 Å². The number of halogens is 1. The summed E-state index contributed by atoms with van der Waals surface area (Å²) in [6, 6.07) is 10.4. The van der Waals surface area contributed by atoms with E-state index in [2.05, 4.69) is 4.98 Å². The van der Waals surface area contributed by atoms with Crippen molar-refractivity contribution in [3.63, 3.8) is 0 Å². The number of nitrogens with zero attached hydrogens (tertiary/aromatic N) is 1. The van der Waals surface area contributed by atoms with Gasteiger partial charge in [-0.05, 0) is 31.2 Å². The van der Waals surface area contributed by atoms with Gasteiger partial charge in [0, 0.05) is 5.56 Å². The second-order valence-corrected chi connectivity index (χ2v) is 4.18. The maximum Gasteiger partial charge on any atom is 0.198 e. The Kier molecular flexibility index (Phi) is 3.63. The fraction of sp³-hybridized carbons (Fsp3) is 0.143. The monoisotopic (exact) mass is 261 g/mol. The third-order valence-electron chi connectivity index (χ3n) is 2.65. The number of methoxy groups -OCH3 is 1. The molecule has 0 aliphatic heterocycles. The Labute approximate surface area is 110 Å². The Morgan fingerprint density at radius 2 is 1.89 bits per heavy atom. The van der Waals surface area contributed by atoms with Crippen molar-refractivity contribution in [3.05, 3.63) is 58.4 Å². The molecule has 3 nitrogen and oxygen atoms in total. The highest BCUT2D eigenvalue weighted by atomic mass is 35.5. The third-order valence-corrected chi connectivity index (χ3v) is 2.86. The molecule has 0 unspecified atom stereocenters. The van der Waals surface area contributed by atoms with Gasteiger partial charge in [0.1, 0.15) is 10.9 Å². The quantitative estimate of drug-likeness (QED) is 0.629. The molecule has 0 amide bonds. The minimum absolute atomic E-state index is 0.117. The van der Waals surface area contributed by atoms with E-state index in [9.17, 15) is 4.79 Å². The van der Waals surface area contributed by atoms with Crippen molar-refractivity contribution in [2.24, 2.45) is 0 Å². The normalized spacial score (nSPS) is 10.2. The number of ether oxygens (including phenoxy) is 1. The fourth-order valence-electron chi connectivity index (χ4n) is 1.75. The molecule has 0 fully saturated rings. The van der Waals surface area contributed by atoms with Gasteiger partial charge >= 0.3 is 0 Å². The van der Waals surface area contributed by atoms with Crippen LogP contribution in [0.2, 0.25) is 5.15 Å². The summed E-state index contributed by atoms with van der Waals surface area (Å²) in [5.74, 6) is 0.436. The first-order valence-corrected chi connectivity index (χ1v) is 5.82. The standard InChI is InChI=1S/C14H12ClNO2/c1-9-10(7-8-13(15)16-9)14(17)11-5-3-4-6-12(11)18-2/h3-8H,1-2H3. The molecule has 0 atom stereocenters. The van der Waals surface area contributed by atoms with Crippen molar-refractivity contribution >= 4 is 17.4 Å². The van der Waals surface area contributed by atoms with E-state index in [1.807, 2.05) is 6.07 Å². The Morgan fingerprint density at radius 1 is 1.17 bits per heavy atom. The lowest BCUT2D eigenvalue weighted by molar-refractivity contribution is 0.103. The molecule has 4 heteroatoms. The largest absolute Gasteiger partial charge is 0.496 e. The highest BCUT2D eigenvalue weighted by Crippen LogP contribution is 2.22. The lowest BCUT2D eigenvalue weighted by Crippen LogP contribution is -2.06. The summed E-state index contributed by atoms with van der Waals surface area (Å²) in [6.45, 7) is 1.76. The lowest BCUT2D eigenvalue weighted by Gasteiger charge is -2.08. The van der Waals surface area contributed by atoms with E-state index in [1.165, 1.54) is 0 Å². The average molecular weight is 262 g/mol. The number of ketones is 1. The predicted molar refractivity (Wildman–Crippen MR) is 70.4 cm³/mol. The van der Waals surface area contributed by atoms with Gasteiger partial charge in [0.2, 0.25) is 0 Å². The SMILES string of the molecule is COc1ccccc1C(=O)c1ccc(Cl)nc1C. The molecule has 0 aliphatic rings. The van der Waals surface area contributed by atoms with Gasteiger partial charge in [-0.2, -0.15) is 0 Å². The molecule has 0 bridgehead atoms. The topological polar surface area (TPSA) is 39.2 Å². The summed E-state index contributed by atoms with van der Waals surface area (Å²) in [7, 11) is 1.54. The molecule has 0 spiro atoms. The highest BCUT2D eigenvalue weighted by Gasteiger charge is 2.16. The molecular weight excluding hydrogens is 250 g/mol. The number of benzene rings is 1. The van der Waals surface area contributed by atoms with Crippen LogP contribution in [0.4, 0.5) is 0 Å². The molecule has 0 radical (unpaired) electrons. The van der Waals surface area contributed by atoms with Gasteiger partial charge in [-0.25, -0.2) is 4.98 Å².